The Morgan fingerprint density at radius 2 is 0.463 bits per heavy atom. The number of rotatable bonds is 0. The average molecular weight is 960 g/mol. The van der Waals surface area contributed by atoms with Gasteiger partial charge >= 0.3 is 79.5 Å². The summed E-state index contributed by atoms with van der Waals surface area (Å²) in [5, 5.41) is 35.3. The first-order valence-corrected chi connectivity index (χ1v) is 11.7. The fraction of sp³-hybridized carbons (Fsp3) is 0.143. The van der Waals surface area contributed by atoms with E-state index in [1.165, 1.54) is 0 Å². The van der Waals surface area contributed by atoms with Crippen molar-refractivity contribution in [1.82, 2.24) is 19.9 Å². The van der Waals surface area contributed by atoms with Gasteiger partial charge in [-0.3, -0.25) is 19.9 Å². The molecule has 0 saturated carbocycles. The van der Waals surface area contributed by atoms with Crippen molar-refractivity contribution in [3.05, 3.63) is 122 Å². The van der Waals surface area contributed by atoms with Gasteiger partial charge in [-0.05, 0) is 62.4 Å². The number of carbonyl (C=O) groups is 4. The van der Waals surface area contributed by atoms with Crippen molar-refractivity contribution in [2.45, 2.75) is 26.2 Å². The van der Waals surface area contributed by atoms with Crippen LogP contribution < -0.4 is 20.4 Å². The van der Waals surface area contributed by atoms with E-state index in [0.717, 1.165) is 13.8 Å². The molecule has 0 spiro atoms. The van der Waals surface area contributed by atoms with E-state index in [4.69, 9.17) is 39.6 Å². The maximum absolute atomic E-state index is 10.5. The van der Waals surface area contributed by atoms with Gasteiger partial charge in [-0.25, -0.2) is 0 Å². The van der Waals surface area contributed by atoms with Crippen LogP contribution in [0.2, 0.25) is 0 Å². The molecule has 0 radical (unpaired) electrons. The van der Waals surface area contributed by atoms with Crippen molar-refractivity contribution in [3.8, 4) is 0 Å². The van der Waals surface area contributed by atoms with Gasteiger partial charge in [0.05, 0.1) is 0 Å². The summed E-state index contributed by atoms with van der Waals surface area (Å²) in [4.78, 5) is 50.5. The van der Waals surface area contributed by atoms with Crippen molar-refractivity contribution in [2.75, 3.05) is 0 Å². The van der Waals surface area contributed by atoms with Gasteiger partial charge in [-0.2, -0.15) is 26.3 Å². The van der Waals surface area contributed by atoms with Crippen LogP contribution in [0.5, 0.6) is 0 Å². The van der Waals surface area contributed by atoms with E-state index in [1.807, 2.05) is 72.8 Å². The molecule has 26 heteroatoms. The first kappa shape index (κ1) is 83.1. The third-order valence-corrected chi connectivity index (χ3v) is 2.73. The van der Waals surface area contributed by atoms with E-state index in [0.29, 0.717) is 0 Å². The number of halogens is 6. The first-order chi connectivity index (χ1) is 21.4. The van der Waals surface area contributed by atoms with E-state index < -0.39 is 36.2 Å². The van der Waals surface area contributed by atoms with Gasteiger partial charge in [-0.1, -0.05) is 24.3 Å². The molecule has 4 aromatic rings. The molecule has 0 aliphatic rings. The van der Waals surface area contributed by atoms with Crippen molar-refractivity contribution in [1.29, 1.82) is 0 Å². The SMILES string of the molecule is CC(=O)[O-].CC(=O)[O-].O=C([O-])C(F)(F)F.O=C([O-])C(F)(F)F.[Co+3].[Co+3].[Co+3].[Co+3].[O-2].[O-2].[O-2].[O-2].c1ccncc1.c1ccncc1.c1ccncc1.c1ccncc1. The monoisotopic (exact) mass is 960 g/mol. The first-order valence-electron chi connectivity index (χ1n) is 11.7. The molecule has 0 N–H and O–H groups in total. The molecule has 0 amide bonds. The van der Waals surface area contributed by atoms with E-state index in [2.05, 4.69) is 19.9 Å². The zero-order valence-electron chi connectivity index (χ0n) is 26.8. The minimum atomic E-state index is -5.19. The van der Waals surface area contributed by atoms with E-state index in [1.54, 1.807) is 49.6 Å². The average Bonchev–Trinajstić information content (AvgIpc) is 3.01. The Hall–Kier alpha value is -4.07. The van der Waals surface area contributed by atoms with Crippen LogP contribution in [-0.2, 0) is 108 Å². The van der Waals surface area contributed by atoms with Crippen molar-refractivity contribution in [3.63, 3.8) is 0 Å². The molecular weight excluding hydrogens is 934 g/mol. The molecule has 0 unspecified atom stereocenters. The number of aromatic nitrogens is 4. The summed E-state index contributed by atoms with van der Waals surface area (Å²) in [6, 6.07) is 22.9. The van der Waals surface area contributed by atoms with Gasteiger partial charge < -0.3 is 61.5 Å². The molecule has 4 rings (SSSR count). The number of carbonyl (C=O) groups excluding carboxylic acids is 4. The van der Waals surface area contributed by atoms with E-state index >= 15 is 0 Å². The number of hydrogen-bond donors (Lipinski definition) is 0. The maximum atomic E-state index is 10.5. The predicted octanol–water partition coefficient (Wildman–Crippen LogP) is -0.0492. The standard InChI is InChI=1S/4C5H5N.2C2HF3O2.2C2H4O2.4Co.4O/c4*1-2-4-6-5-3-1;2*3-2(4,5)1(6)7;2*1-2(3)4;;;;;;;;/h4*1-5H;2*(H,6,7);2*1H3,(H,3,4);;;;;;;;/q;;;;;;;;4*+3;4*-2/p-4. The summed E-state index contributed by atoms with van der Waals surface area (Å²) in [7, 11) is 0. The predicted molar refractivity (Wildman–Crippen MR) is 143 cm³/mol. The van der Waals surface area contributed by atoms with E-state index in [9.17, 15) is 26.3 Å². The molecule has 0 fully saturated rings. The van der Waals surface area contributed by atoms with Crippen LogP contribution in [0.15, 0.2) is 122 Å². The molecule has 0 atom stereocenters. The van der Waals surface area contributed by atoms with Crippen LogP contribution in [-0.4, -0.2) is 56.2 Å². The molecule has 0 saturated heterocycles. The summed E-state index contributed by atoms with van der Waals surface area (Å²) in [5.41, 5.74) is 0. The third-order valence-electron chi connectivity index (χ3n) is 2.73. The van der Waals surface area contributed by atoms with Crippen LogP contribution in [0, 0.1) is 0 Å². The summed E-state index contributed by atoms with van der Waals surface area (Å²) >= 11 is 0. The van der Waals surface area contributed by atoms with Crippen LogP contribution in [0.1, 0.15) is 13.8 Å². The second-order valence-electron chi connectivity index (χ2n) is 6.65. The number of alkyl halides is 6. The molecule has 0 aliphatic heterocycles. The summed E-state index contributed by atoms with van der Waals surface area (Å²) in [6.07, 6.45) is 3.61. The summed E-state index contributed by atoms with van der Waals surface area (Å²) in [5.74, 6) is -8.18. The Labute approximate surface area is 345 Å². The number of carboxylic acids is 4. The number of pyridine rings is 4. The zero-order chi connectivity index (χ0) is 36.3. The van der Waals surface area contributed by atoms with Crippen LogP contribution in [0.4, 0.5) is 26.3 Å². The minimum absolute atomic E-state index is 0. The quantitative estimate of drug-likeness (QED) is 0.210. The summed E-state index contributed by atoms with van der Waals surface area (Å²) in [6.45, 7) is 1.94. The second-order valence-corrected chi connectivity index (χ2v) is 6.65. The Kier molecular flexibility index (Phi) is 89.6. The third kappa shape index (κ3) is 104. The molecule has 308 valence electrons. The smallest absolute Gasteiger partial charge is 2.00 e. The molecule has 0 aromatic carbocycles. The number of nitrogens with zero attached hydrogens (tertiary/aromatic N) is 4. The van der Waals surface area contributed by atoms with Gasteiger partial charge in [0.2, 0.25) is 0 Å². The minimum Gasteiger partial charge on any atom is -2.00 e. The Balaban J connectivity index is -0.0000000368. The van der Waals surface area contributed by atoms with Gasteiger partial charge in [0.15, 0.2) is 0 Å². The van der Waals surface area contributed by atoms with Gasteiger partial charge in [0.25, 0.3) is 0 Å². The fourth-order valence-corrected chi connectivity index (χ4v) is 1.25. The van der Waals surface area contributed by atoms with Gasteiger partial charge in [0, 0.05) is 61.5 Å². The fourth-order valence-electron chi connectivity index (χ4n) is 1.25. The topological polar surface area (TPSA) is 326 Å². The Bertz CT molecular complexity index is 996. The number of aliphatic carboxylic acids is 4. The van der Waals surface area contributed by atoms with Crippen LogP contribution in [0.3, 0.4) is 0 Å². The summed E-state index contributed by atoms with van der Waals surface area (Å²) < 4.78 is 63.1. The zero-order valence-corrected chi connectivity index (χ0v) is 31.0. The largest absolute Gasteiger partial charge is 3.00 e. The molecule has 0 bridgehead atoms. The van der Waals surface area contributed by atoms with E-state index in [-0.39, 0.29) is 89.0 Å². The van der Waals surface area contributed by atoms with Gasteiger partial charge in [0.1, 0.15) is 11.9 Å². The second kappa shape index (κ2) is 58.2. The Morgan fingerprint density at radius 3 is 0.481 bits per heavy atom. The van der Waals surface area contributed by atoms with Crippen LogP contribution >= 0.6 is 0 Å². The maximum Gasteiger partial charge on any atom is 3.00 e. The molecular formula is C28H26Co4F6N4O12. The van der Waals surface area contributed by atoms with Crippen molar-refractivity contribution in [2.24, 2.45) is 0 Å². The number of carboxylic acid groups (broad SMARTS) is 4. The van der Waals surface area contributed by atoms with Crippen molar-refractivity contribution >= 4 is 23.9 Å². The molecule has 4 aromatic heterocycles. The molecule has 54 heavy (non-hydrogen) atoms. The normalized spacial score (nSPS) is 7.41. The van der Waals surface area contributed by atoms with Crippen LogP contribution in [0.25, 0.3) is 0 Å². The molecule has 4 heterocycles. The van der Waals surface area contributed by atoms with Crippen molar-refractivity contribution < 1.29 is 155 Å². The Morgan fingerprint density at radius 1 is 0.370 bits per heavy atom. The molecule has 0 aliphatic carbocycles. The number of hydrogen-bond acceptors (Lipinski definition) is 12. The van der Waals surface area contributed by atoms with Gasteiger partial charge in [-0.15, -0.1) is 0 Å². The molecule has 16 nitrogen and oxygen atoms in total.